The van der Waals surface area contributed by atoms with E-state index in [1.807, 2.05) is 0 Å². The molecule has 5 heteroatoms. The van der Waals surface area contributed by atoms with Crippen LogP contribution in [0.25, 0.3) is 0 Å². The van der Waals surface area contributed by atoms with Crippen molar-refractivity contribution < 1.29 is 4.42 Å². The molecule has 0 bridgehead atoms. The van der Waals surface area contributed by atoms with E-state index in [9.17, 15) is 0 Å². The average molecular weight is 250 g/mol. The highest BCUT2D eigenvalue weighted by atomic mass is 16.4. The second-order valence-electron chi connectivity index (χ2n) is 5.78. The minimum atomic E-state index is 0.551. The fraction of sp³-hybridized carbons (Fsp3) is 0.846. The molecule has 0 aromatic carbocycles. The molecule has 1 saturated heterocycles. The van der Waals surface area contributed by atoms with Gasteiger partial charge in [0.2, 0.25) is 5.89 Å². The van der Waals surface area contributed by atoms with Crippen molar-refractivity contribution in [3.63, 3.8) is 0 Å². The van der Waals surface area contributed by atoms with E-state index >= 15 is 0 Å². The quantitative estimate of drug-likeness (QED) is 0.865. The lowest BCUT2D eigenvalue weighted by Crippen LogP contribution is -2.33. The first-order valence-electron chi connectivity index (χ1n) is 7.06. The van der Waals surface area contributed by atoms with Crippen LogP contribution in [0.2, 0.25) is 0 Å². The zero-order valence-corrected chi connectivity index (χ0v) is 11.2. The Bertz CT molecular complexity index is 399. The molecule has 0 amide bonds. The lowest BCUT2D eigenvalue weighted by molar-refractivity contribution is 0.428. The molecule has 2 fully saturated rings. The predicted molar refractivity (Wildman–Crippen MR) is 69.4 cm³/mol. The molecule has 1 aliphatic carbocycles. The van der Waals surface area contributed by atoms with Crippen molar-refractivity contribution in [3.8, 4) is 0 Å². The number of anilines is 1. The van der Waals surface area contributed by atoms with E-state index in [0.717, 1.165) is 6.54 Å². The summed E-state index contributed by atoms with van der Waals surface area (Å²) in [5.41, 5.74) is 0. The van der Waals surface area contributed by atoms with Crippen LogP contribution in [0, 0.1) is 5.92 Å². The van der Waals surface area contributed by atoms with Gasteiger partial charge in [0.25, 0.3) is 0 Å². The second-order valence-corrected chi connectivity index (χ2v) is 5.78. The van der Waals surface area contributed by atoms with Crippen molar-refractivity contribution in [2.75, 3.05) is 11.4 Å². The Kier molecular flexibility index (Phi) is 3.24. The average Bonchev–Trinajstić information content (AvgIpc) is 2.88. The molecule has 5 nitrogen and oxygen atoms in total. The summed E-state index contributed by atoms with van der Waals surface area (Å²) < 4.78 is 5.77. The Balaban J connectivity index is 1.63. The van der Waals surface area contributed by atoms with E-state index in [0.29, 0.717) is 36.5 Å². The molecule has 2 aliphatic rings. The topological polar surface area (TPSA) is 54.2 Å². The molecule has 18 heavy (non-hydrogen) atoms. The molecular formula is C13H22N4O. The Morgan fingerprint density at radius 2 is 2.17 bits per heavy atom. The smallest absolute Gasteiger partial charge is 0.318 e. The molecule has 0 spiro atoms. The van der Waals surface area contributed by atoms with E-state index in [-0.39, 0.29) is 0 Å². The molecule has 1 unspecified atom stereocenters. The number of hydrogen-bond acceptors (Lipinski definition) is 5. The highest BCUT2D eigenvalue weighted by molar-refractivity contribution is 5.29. The van der Waals surface area contributed by atoms with Crippen LogP contribution < -0.4 is 10.2 Å². The number of nitrogens with one attached hydrogen (secondary N) is 1. The van der Waals surface area contributed by atoms with Crippen LogP contribution in [0.15, 0.2) is 4.42 Å². The lowest BCUT2D eigenvalue weighted by Gasteiger charge is -2.25. The predicted octanol–water partition coefficient (Wildman–Crippen LogP) is 1.95. The van der Waals surface area contributed by atoms with E-state index in [1.165, 1.54) is 25.7 Å². The highest BCUT2D eigenvalue weighted by Gasteiger charge is 2.30. The zero-order valence-electron chi connectivity index (χ0n) is 11.2. The lowest BCUT2D eigenvalue weighted by atomic mass is 10.0. The van der Waals surface area contributed by atoms with Gasteiger partial charge in [0.15, 0.2) is 0 Å². The maximum absolute atomic E-state index is 5.77. The molecule has 1 N–H and O–H groups in total. The van der Waals surface area contributed by atoms with Crippen LogP contribution in [0.4, 0.5) is 6.01 Å². The van der Waals surface area contributed by atoms with E-state index in [1.54, 1.807) is 0 Å². The number of hydrogen-bond donors (Lipinski definition) is 1. The summed E-state index contributed by atoms with van der Waals surface area (Å²) in [6.07, 6.45) is 5.02. The van der Waals surface area contributed by atoms with Gasteiger partial charge in [-0.05, 0) is 31.6 Å². The molecule has 1 aromatic rings. The van der Waals surface area contributed by atoms with Gasteiger partial charge in [0, 0.05) is 18.6 Å². The van der Waals surface area contributed by atoms with E-state index in [2.05, 4.69) is 34.3 Å². The van der Waals surface area contributed by atoms with Gasteiger partial charge in [-0.1, -0.05) is 18.9 Å². The maximum Gasteiger partial charge on any atom is 0.318 e. The molecule has 1 aliphatic heterocycles. The van der Waals surface area contributed by atoms with Gasteiger partial charge >= 0.3 is 6.01 Å². The van der Waals surface area contributed by atoms with Crippen molar-refractivity contribution >= 4 is 6.01 Å². The van der Waals surface area contributed by atoms with Gasteiger partial charge in [-0.15, -0.1) is 5.10 Å². The van der Waals surface area contributed by atoms with Crippen molar-refractivity contribution in [2.24, 2.45) is 5.92 Å². The first-order chi connectivity index (χ1) is 8.74. The zero-order chi connectivity index (χ0) is 12.5. The van der Waals surface area contributed by atoms with Crippen molar-refractivity contribution in [1.29, 1.82) is 0 Å². The molecule has 1 saturated carbocycles. The molecule has 1 atom stereocenters. The van der Waals surface area contributed by atoms with Crippen molar-refractivity contribution in [1.82, 2.24) is 15.5 Å². The molecule has 1 aromatic heterocycles. The fourth-order valence-corrected chi connectivity index (χ4v) is 2.67. The van der Waals surface area contributed by atoms with Crippen molar-refractivity contribution in [2.45, 2.75) is 58.2 Å². The van der Waals surface area contributed by atoms with Crippen LogP contribution in [0.1, 0.15) is 45.4 Å². The fourth-order valence-electron chi connectivity index (χ4n) is 2.67. The molecular weight excluding hydrogens is 228 g/mol. The van der Waals surface area contributed by atoms with Gasteiger partial charge in [0.05, 0.1) is 6.54 Å². The second kappa shape index (κ2) is 4.88. The maximum atomic E-state index is 5.77. The van der Waals surface area contributed by atoms with Crippen molar-refractivity contribution in [3.05, 3.63) is 5.89 Å². The Morgan fingerprint density at radius 1 is 1.33 bits per heavy atom. The first kappa shape index (κ1) is 12.0. The summed E-state index contributed by atoms with van der Waals surface area (Å²) >= 11 is 0. The third kappa shape index (κ3) is 2.51. The van der Waals surface area contributed by atoms with Gasteiger partial charge in [-0.3, -0.25) is 0 Å². The van der Waals surface area contributed by atoms with Crippen LogP contribution in [0.5, 0.6) is 0 Å². The van der Waals surface area contributed by atoms with Gasteiger partial charge < -0.3 is 14.6 Å². The SMILES string of the molecule is CC(C)C1CCCN1c1nnc(CNC2CC2)o1. The summed E-state index contributed by atoms with van der Waals surface area (Å²) in [5.74, 6) is 1.35. The largest absolute Gasteiger partial charge is 0.407 e. The first-order valence-corrected chi connectivity index (χ1v) is 7.06. The number of rotatable bonds is 5. The Labute approximate surface area is 108 Å². The summed E-state index contributed by atoms with van der Waals surface area (Å²) in [7, 11) is 0. The van der Waals surface area contributed by atoms with E-state index < -0.39 is 0 Å². The normalized spacial score (nSPS) is 24.2. The van der Waals surface area contributed by atoms with Crippen LogP contribution in [-0.4, -0.2) is 28.8 Å². The van der Waals surface area contributed by atoms with Crippen LogP contribution in [0.3, 0.4) is 0 Å². The highest BCUT2D eigenvalue weighted by Crippen LogP contribution is 2.28. The monoisotopic (exact) mass is 250 g/mol. The van der Waals surface area contributed by atoms with Gasteiger partial charge in [-0.2, -0.15) is 0 Å². The number of nitrogens with zero attached hydrogens (tertiary/aromatic N) is 3. The van der Waals surface area contributed by atoms with Gasteiger partial charge in [-0.25, -0.2) is 0 Å². The molecule has 100 valence electrons. The third-order valence-corrected chi connectivity index (χ3v) is 3.89. The minimum Gasteiger partial charge on any atom is -0.407 e. The summed E-state index contributed by atoms with van der Waals surface area (Å²) in [4.78, 5) is 2.28. The summed E-state index contributed by atoms with van der Waals surface area (Å²) in [6.45, 7) is 6.27. The standard InChI is InChI=1S/C13H22N4O/c1-9(2)11-4-3-7-17(11)13-16-15-12(18-13)8-14-10-5-6-10/h9-11,14H,3-8H2,1-2H3. The van der Waals surface area contributed by atoms with Crippen LogP contribution >= 0.6 is 0 Å². The number of aromatic nitrogens is 2. The molecule has 3 rings (SSSR count). The Hall–Kier alpha value is -1.10. The molecule has 2 heterocycles. The van der Waals surface area contributed by atoms with Gasteiger partial charge in [0.1, 0.15) is 0 Å². The minimum absolute atomic E-state index is 0.551. The molecule has 0 radical (unpaired) electrons. The Morgan fingerprint density at radius 3 is 2.89 bits per heavy atom. The van der Waals surface area contributed by atoms with E-state index in [4.69, 9.17) is 4.42 Å². The third-order valence-electron chi connectivity index (χ3n) is 3.89. The summed E-state index contributed by atoms with van der Waals surface area (Å²) in [5, 5.41) is 11.7. The summed E-state index contributed by atoms with van der Waals surface area (Å²) in [6, 6.07) is 1.93. The van der Waals surface area contributed by atoms with Crippen LogP contribution in [-0.2, 0) is 6.54 Å².